The van der Waals surface area contributed by atoms with Crippen LogP contribution in [0.15, 0.2) is 18.2 Å². The van der Waals surface area contributed by atoms with E-state index in [-0.39, 0.29) is 17.7 Å². The minimum Gasteiger partial charge on any atom is -0.352 e. The first-order valence-corrected chi connectivity index (χ1v) is 6.62. The molecular formula is C14H17ClN2O2. The lowest BCUT2D eigenvalue weighted by atomic mass is 10.1. The third-order valence-electron chi connectivity index (χ3n) is 3.44. The summed E-state index contributed by atoms with van der Waals surface area (Å²) in [5, 5.41) is 3.53. The summed E-state index contributed by atoms with van der Waals surface area (Å²) in [5.41, 5.74) is 1.89. The van der Waals surface area contributed by atoms with Crippen molar-refractivity contribution in [2.45, 2.75) is 19.9 Å². The van der Waals surface area contributed by atoms with Crippen molar-refractivity contribution in [1.29, 1.82) is 0 Å². The lowest BCUT2D eigenvalue weighted by Gasteiger charge is -2.12. The van der Waals surface area contributed by atoms with Gasteiger partial charge in [-0.15, -0.1) is 0 Å². The maximum atomic E-state index is 12.0. The number of aryl methyl sites for hydroxylation is 1. The molecule has 2 rings (SSSR count). The number of hydrogen-bond acceptors (Lipinski definition) is 2. The summed E-state index contributed by atoms with van der Waals surface area (Å²) in [7, 11) is 1.72. The molecule has 0 radical (unpaired) electrons. The van der Waals surface area contributed by atoms with Crippen LogP contribution in [0.5, 0.6) is 0 Å². The Balaban J connectivity index is 1.94. The molecule has 1 atom stereocenters. The predicted octanol–water partition coefficient (Wildman–Crippen LogP) is 1.74. The van der Waals surface area contributed by atoms with Crippen LogP contribution in [0.2, 0.25) is 5.02 Å². The minimum atomic E-state index is -0.249. The summed E-state index contributed by atoms with van der Waals surface area (Å²) in [5.74, 6) is -0.315. The second-order valence-electron chi connectivity index (χ2n) is 4.94. The third-order valence-corrected chi connectivity index (χ3v) is 3.98. The lowest BCUT2D eigenvalue weighted by molar-refractivity contribution is -0.128. The Morgan fingerprint density at radius 2 is 2.26 bits per heavy atom. The van der Waals surface area contributed by atoms with Crippen LogP contribution in [0.1, 0.15) is 17.5 Å². The summed E-state index contributed by atoms with van der Waals surface area (Å²) in [6.07, 6.45) is 0.296. The molecule has 1 fully saturated rings. The Hall–Kier alpha value is -1.55. The van der Waals surface area contributed by atoms with Gasteiger partial charge in [-0.1, -0.05) is 29.8 Å². The molecule has 1 N–H and O–H groups in total. The molecule has 1 aromatic carbocycles. The lowest BCUT2D eigenvalue weighted by Crippen LogP contribution is -2.31. The van der Waals surface area contributed by atoms with Crippen LogP contribution in [-0.4, -0.2) is 30.3 Å². The number of carbonyl (C=O) groups is 2. The number of halogens is 1. The van der Waals surface area contributed by atoms with Crippen LogP contribution in [0.4, 0.5) is 0 Å². The Morgan fingerprint density at radius 1 is 1.53 bits per heavy atom. The van der Waals surface area contributed by atoms with Gasteiger partial charge in [-0.25, -0.2) is 0 Å². The van der Waals surface area contributed by atoms with Gasteiger partial charge in [0.1, 0.15) is 0 Å². The van der Waals surface area contributed by atoms with Crippen LogP contribution < -0.4 is 5.32 Å². The molecule has 0 aromatic heterocycles. The van der Waals surface area contributed by atoms with E-state index in [2.05, 4.69) is 5.32 Å². The van der Waals surface area contributed by atoms with Crippen molar-refractivity contribution in [3.8, 4) is 0 Å². The number of rotatable bonds is 3. The van der Waals surface area contributed by atoms with Crippen LogP contribution >= 0.6 is 11.6 Å². The van der Waals surface area contributed by atoms with Crippen LogP contribution in [0, 0.1) is 12.8 Å². The number of carbonyl (C=O) groups excluding carboxylic acids is 2. The molecule has 0 bridgehead atoms. The molecule has 1 saturated heterocycles. The summed E-state index contributed by atoms with van der Waals surface area (Å²) >= 11 is 6.17. The molecule has 0 spiro atoms. The van der Waals surface area contributed by atoms with E-state index in [0.717, 1.165) is 11.1 Å². The van der Waals surface area contributed by atoms with Gasteiger partial charge in [0.05, 0.1) is 5.92 Å². The number of nitrogens with zero attached hydrogens (tertiary/aromatic N) is 1. The summed E-state index contributed by atoms with van der Waals surface area (Å²) in [6.45, 7) is 2.82. The predicted molar refractivity (Wildman–Crippen MR) is 73.8 cm³/mol. The average Bonchev–Trinajstić information content (AvgIpc) is 2.71. The summed E-state index contributed by atoms with van der Waals surface area (Å²) < 4.78 is 0. The SMILES string of the molecule is Cc1cccc(CNC(=O)[C@H]2CC(=O)N(C)C2)c1Cl. The van der Waals surface area contributed by atoms with Crippen molar-refractivity contribution in [1.82, 2.24) is 10.2 Å². The maximum absolute atomic E-state index is 12.0. The molecule has 1 heterocycles. The first-order chi connectivity index (χ1) is 8.99. The minimum absolute atomic E-state index is 0.0220. The van der Waals surface area contributed by atoms with Gasteiger partial charge in [0.25, 0.3) is 0 Å². The van der Waals surface area contributed by atoms with Gasteiger partial charge in [-0.05, 0) is 18.1 Å². The second kappa shape index (κ2) is 5.61. The number of likely N-dealkylation sites (tertiary alicyclic amines) is 1. The Morgan fingerprint density at radius 3 is 2.89 bits per heavy atom. The largest absolute Gasteiger partial charge is 0.352 e. The fourth-order valence-corrected chi connectivity index (χ4v) is 2.40. The third kappa shape index (κ3) is 3.07. The Kier molecular flexibility index (Phi) is 4.10. The first kappa shape index (κ1) is 13.9. The number of amides is 2. The van der Waals surface area contributed by atoms with Gasteiger partial charge < -0.3 is 10.2 Å². The van der Waals surface area contributed by atoms with Crippen molar-refractivity contribution in [2.24, 2.45) is 5.92 Å². The van der Waals surface area contributed by atoms with E-state index in [4.69, 9.17) is 11.6 Å². The molecule has 0 unspecified atom stereocenters. The van der Waals surface area contributed by atoms with E-state index >= 15 is 0 Å². The van der Waals surface area contributed by atoms with Gasteiger partial charge >= 0.3 is 0 Å². The first-order valence-electron chi connectivity index (χ1n) is 6.24. The van der Waals surface area contributed by atoms with Crippen LogP contribution in [0.25, 0.3) is 0 Å². The van der Waals surface area contributed by atoms with Crippen molar-refractivity contribution in [3.63, 3.8) is 0 Å². The van der Waals surface area contributed by atoms with Crippen LogP contribution in [0.3, 0.4) is 0 Å². The van der Waals surface area contributed by atoms with Gasteiger partial charge in [-0.3, -0.25) is 9.59 Å². The normalized spacial score (nSPS) is 18.8. The molecule has 4 nitrogen and oxygen atoms in total. The molecule has 0 aliphatic carbocycles. The van der Waals surface area contributed by atoms with E-state index in [1.165, 1.54) is 0 Å². The zero-order valence-corrected chi connectivity index (χ0v) is 11.8. The summed E-state index contributed by atoms with van der Waals surface area (Å²) in [4.78, 5) is 24.9. The fraction of sp³-hybridized carbons (Fsp3) is 0.429. The van der Waals surface area contributed by atoms with Crippen LogP contribution in [-0.2, 0) is 16.1 Å². The van der Waals surface area contributed by atoms with Gasteiger partial charge in [-0.2, -0.15) is 0 Å². The van der Waals surface area contributed by atoms with Crippen molar-refractivity contribution < 1.29 is 9.59 Å². The average molecular weight is 281 g/mol. The van der Waals surface area contributed by atoms with E-state index in [0.29, 0.717) is 24.5 Å². The number of nitrogens with one attached hydrogen (secondary N) is 1. The smallest absolute Gasteiger partial charge is 0.225 e. The molecule has 1 aromatic rings. The van der Waals surface area contributed by atoms with Crippen molar-refractivity contribution >= 4 is 23.4 Å². The van der Waals surface area contributed by atoms with E-state index in [9.17, 15) is 9.59 Å². The Labute approximate surface area is 117 Å². The molecule has 2 amide bonds. The molecule has 1 aliphatic heterocycles. The second-order valence-corrected chi connectivity index (χ2v) is 5.32. The molecule has 19 heavy (non-hydrogen) atoms. The number of hydrogen-bond donors (Lipinski definition) is 1. The number of benzene rings is 1. The Bertz CT molecular complexity index is 516. The maximum Gasteiger partial charge on any atom is 0.225 e. The topological polar surface area (TPSA) is 49.4 Å². The quantitative estimate of drug-likeness (QED) is 0.917. The monoisotopic (exact) mass is 280 g/mol. The fourth-order valence-electron chi connectivity index (χ4n) is 2.21. The highest BCUT2D eigenvalue weighted by Gasteiger charge is 2.31. The van der Waals surface area contributed by atoms with E-state index < -0.39 is 0 Å². The molecule has 0 saturated carbocycles. The van der Waals surface area contributed by atoms with Gasteiger partial charge in [0, 0.05) is 31.6 Å². The highest BCUT2D eigenvalue weighted by Crippen LogP contribution is 2.21. The van der Waals surface area contributed by atoms with Crippen molar-refractivity contribution in [2.75, 3.05) is 13.6 Å². The highest BCUT2D eigenvalue weighted by molar-refractivity contribution is 6.32. The molecular weight excluding hydrogens is 264 g/mol. The zero-order chi connectivity index (χ0) is 14.0. The van der Waals surface area contributed by atoms with E-state index in [1.54, 1.807) is 11.9 Å². The highest BCUT2D eigenvalue weighted by atomic mass is 35.5. The molecule has 1 aliphatic rings. The van der Waals surface area contributed by atoms with Crippen molar-refractivity contribution in [3.05, 3.63) is 34.3 Å². The molecule has 5 heteroatoms. The molecule has 102 valence electrons. The van der Waals surface area contributed by atoms with Gasteiger partial charge in [0.15, 0.2) is 0 Å². The standard InChI is InChI=1S/C14H17ClN2O2/c1-9-4-3-5-10(13(9)15)7-16-14(19)11-6-12(18)17(2)8-11/h3-5,11H,6-8H2,1-2H3,(H,16,19)/t11-/m0/s1. The summed E-state index contributed by atoms with van der Waals surface area (Å²) in [6, 6.07) is 5.73. The van der Waals surface area contributed by atoms with E-state index in [1.807, 2.05) is 25.1 Å². The zero-order valence-electron chi connectivity index (χ0n) is 11.1. The van der Waals surface area contributed by atoms with Gasteiger partial charge in [0.2, 0.25) is 11.8 Å².